The second-order valence-corrected chi connectivity index (χ2v) is 7.01. The van der Waals surface area contributed by atoms with Crippen molar-refractivity contribution in [3.05, 3.63) is 35.9 Å². The molecule has 1 atom stereocenters. The number of carbonyl (C=O) groups is 1. The molecule has 2 heterocycles. The van der Waals surface area contributed by atoms with Crippen molar-refractivity contribution in [1.82, 2.24) is 10.3 Å². The fourth-order valence-corrected chi connectivity index (χ4v) is 3.20. The molecule has 1 aromatic rings. The molecule has 1 amide bonds. The Balaban J connectivity index is 1.98. The zero-order chi connectivity index (χ0) is 15.1. The van der Waals surface area contributed by atoms with Gasteiger partial charge in [-0.3, -0.25) is 4.79 Å². The number of hydrogen-bond acceptors (Lipinski definition) is 3. The first kappa shape index (κ1) is 14.3. The van der Waals surface area contributed by atoms with Gasteiger partial charge in [-0.05, 0) is 32.8 Å². The van der Waals surface area contributed by atoms with E-state index in [-0.39, 0.29) is 11.4 Å². The minimum absolute atomic E-state index is 0.140. The monoisotopic (exact) mass is 285 g/mol. The van der Waals surface area contributed by atoms with Gasteiger partial charge in [0.05, 0.1) is 11.3 Å². The van der Waals surface area contributed by atoms with Crippen LogP contribution < -0.4 is 5.32 Å². The number of rotatable bonds is 2. The Hall–Kier alpha value is -1.68. The maximum absolute atomic E-state index is 13.1. The molecule has 1 N–H and O–H groups in total. The Kier molecular flexibility index (Phi) is 3.36. The SMILES string of the molecule is CC(C)(C)N1N=C2CCNC[C@]2(Cc2ccccc2)C1=O. The molecule has 0 bridgehead atoms. The molecule has 2 aliphatic heterocycles. The van der Waals surface area contributed by atoms with Crippen LogP contribution in [0.1, 0.15) is 32.8 Å². The van der Waals surface area contributed by atoms with Crippen molar-refractivity contribution in [3.63, 3.8) is 0 Å². The van der Waals surface area contributed by atoms with E-state index in [9.17, 15) is 4.79 Å². The first-order valence-corrected chi connectivity index (χ1v) is 7.61. The lowest BCUT2D eigenvalue weighted by atomic mass is 9.74. The average Bonchev–Trinajstić information content (AvgIpc) is 2.74. The molecule has 0 spiro atoms. The van der Waals surface area contributed by atoms with E-state index >= 15 is 0 Å². The van der Waals surface area contributed by atoms with Crippen LogP contribution in [-0.2, 0) is 11.2 Å². The van der Waals surface area contributed by atoms with Crippen molar-refractivity contribution in [2.24, 2.45) is 10.5 Å². The smallest absolute Gasteiger partial charge is 0.256 e. The van der Waals surface area contributed by atoms with Crippen molar-refractivity contribution in [2.45, 2.75) is 39.2 Å². The van der Waals surface area contributed by atoms with Crippen LogP contribution in [-0.4, -0.2) is 35.3 Å². The number of nitrogens with zero attached hydrogens (tertiary/aromatic N) is 2. The van der Waals surface area contributed by atoms with E-state index in [0.717, 1.165) is 25.1 Å². The summed E-state index contributed by atoms with van der Waals surface area (Å²) < 4.78 is 0. The number of hydrazone groups is 1. The second-order valence-electron chi connectivity index (χ2n) is 7.01. The highest BCUT2D eigenvalue weighted by atomic mass is 16.2. The molecule has 1 fully saturated rings. The molecule has 4 nitrogen and oxygen atoms in total. The van der Waals surface area contributed by atoms with Crippen molar-refractivity contribution >= 4 is 11.6 Å². The summed E-state index contributed by atoms with van der Waals surface area (Å²) in [6.07, 6.45) is 1.58. The van der Waals surface area contributed by atoms with E-state index in [4.69, 9.17) is 5.10 Å². The molecular weight excluding hydrogens is 262 g/mol. The zero-order valence-corrected chi connectivity index (χ0v) is 13.0. The standard InChI is InChI=1S/C17H23N3O/c1-16(2,3)20-15(21)17(11-13-7-5-4-6-8-13)12-18-10-9-14(17)19-20/h4-8,18H,9-12H2,1-3H3/t17-/m0/s1. The maximum Gasteiger partial charge on any atom is 0.256 e. The second kappa shape index (κ2) is 4.95. The van der Waals surface area contributed by atoms with Gasteiger partial charge in [0.1, 0.15) is 5.41 Å². The fraction of sp³-hybridized carbons (Fsp3) is 0.529. The van der Waals surface area contributed by atoms with E-state index in [0.29, 0.717) is 6.54 Å². The summed E-state index contributed by atoms with van der Waals surface area (Å²) in [5.74, 6) is 0.140. The quantitative estimate of drug-likeness (QED) is 0.905. The van der Waals surface area contributed by atoms with Crippen molar-refractivity contribution in [3.8, 4) is 0 Å². The number of amides is 1. The largest absolute Gasteiger partial charge is 0.315 e. The zero-order valence-electron chi connectivity index (χ0n) is 13.0. The first-order chi connectivity index (χ1) is 9.93. The Morgan fingerprint density at radius 3 is 2.67 bits per heavy atom. The Labute approximate surface area is 126 Å². The predicted octanol–water partition coefficient (Wildman–Crippen LogP) is 2.21. The first-order valence-electron chi connectivity index (χ1n) is 7.61. The van der Waals surface area contributed by atoms with Gasteiger partial charge in [0, 0.05) is 19.5 Å². The number of benzene rings is 1. The molecule has 0 radical (unpaired) electrons. The number of nitrogens with one attached hydrogen (secondary N) is 1. The van der Waals surface area contributed by atoms with E-state index in [1.807, 2.05) is 39.0 Å². The molecule has 21 heavy (non-hydrogen) atoms. The fourth-order valence-electron chi connectivity index (χ4n) is 3.20. The highest BCUT2D eigenvalue weighted by molar-refractivity contribution is 6.13. The third-order valence-corrected chi connectivity index (χ3v) is 4.32. The van der Waals surface area contributed by atoms with Gasteiger partial charge in [-0.1, -0.05) is 30.3 Å². The van der Waals surface area contributed by atoms with Gasteiger partial charge in [0.2, 0.25) is 0 Å². The highest BCUT2D eigenvalue weighted by Gasteiger charge is 2.53. The molecule has 0 unspecified atom stereocenters. The van der Waals surface area contributed by atoms with Gasteiger partial charge in [0.15, 0.2) is 0 Å². The van der Waals surface area contributed by atoms with E-state index in [1.54, 1.807) is 5.01 Å². The topological polar surface area (TPSA) is 44.7 Å². The summed E-state index contributed by atoms with van der Waals surface area (Å²) in [6.45, 7) is 7.70. The molecule has 1 aromatic carbocycles. The molecule has 4 heteroatoms. The lowest BCUT2D eigenvalue weighted by Gasteiger charge is -2.35. The summed E-state index contributed by atoms with van der Waals surface area (Å²) in [5, 5.41) is 9.78. The van der Waals surface area contributed by atoms with Crippen molar-refractivity contribution in [1.29, 1.82) is 0 Å². The number of piperidine rings is 1. The maximum atomic E-state index is 13.1. The molecule has 3 rings (SSSR count). The number of fused-ring (bicyclic) bond motifs is 1. The van der Waals surface area contributed by atoms with Gasteiger partial charge < -0.3 is 5.32 Å². The van der Waals surface area contributed by atoms with Crippen LogP contribution in [0, 0.1) is 5.41 Å². The Morgan fingerprint density at radius 1 is 1.29 bits per heavy atom. The summed E-state index contributed by atoms with van der Waals surface area (Å²) >= 11 is 0. The van der Waals surface area contributed by atoms with Crippen LogP contribution in [0.2, 0.25) is 0 Å². The van der Waals surface area contributed by atoms with Crippen LogP contribution >= 0.6 is 0 Å². The van der Waals surface area contributed by atoms with Gasteiger partial charge in [-0.2, -0.15) is 5.10 Å². The summed E-state index contributed by atoms with van der Waals surface area (Å²) in [4.78, 5) is 13.1. The lowest BCUT2D eigenvalue weighted by molar-refractivity contribution is -0.140. The van der Waals surface area contributed by atoms with E-state index < -0.39 is 5.41 Å². The number of carbonyl (C=O) groups excluding carboxylic acids is 1. The minimum Gasteiger partial charge on any atom is -0.315 e. The van der Waals surface area contributed by atoms with Crippen LogP contribution in [0.25, 0.3) is 0 Å². The van der Waals surface area contributed by atoms with Gasteiger partial charge in [-0.15, -0.1) is 0 Å². The molecule has 112 valence electrons. The molecule has 0 aromatic heterocycles. The molecule has 0 aliphatic carbocycles. The van der Waals surface area contributed by atoms with Gasteiger partial charge in [-0.25, -0.2) is 5.01 Å². The van der Waals surface area contributed by atoms with E-state index in [1.165, 1.54) is 5.56 Å². The van der Waals surface area contributed by atoms with Gasteiger partial charge >= 0.3 is 0 Å². The van der Waals surface area contributed by atoms with Crippen LogP contribution in [0.15, 0.2) is 35.4 Å². The molecule has 0 saturated carbocycles. The summed E-state index contributed by atoms with van der Waals surface area (Å²) in [7, 11) is 0. The minimum atomic E-state index is -0.493. The van der Waals surface area contributed by atoms with Crippen molar-refractivity contribution in [2.75, 3.05) is 13.1 Å². The Bertz CT molecular complexity index is 573. The summed E-state index contributed by atoms with van der Waals surface area (Å²) in [5.41, 5.74) is 1.47. The third-order valence-electron chi connectivity index (χ3n) is 4.32. The lowest BCUT2D eigenvalue weighted by Crippen LogP contribution is -2.54. The van der Waals surface area contributed by atoms with Crippen molar-refractivity contribution < 1.29 is 4.79 Å². The molecule has 1 saturated heterocycles. The predicted molar refractivity (Wildman–Crippen MR) is 84.1 cm³/mol. The number of hydrogen-bond donors (Lipinski definition) is 1. The van der Waals surface area contributed by atoms with E-state index in [2.05, 4.69) is 17.4 Å². The molecule has 2 aliphatic rings. The van der Waals surface area contributed by atoms with Crippen LogP contribution in [0.5, 0.6) is 0 Å². The van der Waals surface area contributed by atoms with Gasteiger partial charge in [0.25, 0.3) is 5.91 Å². The average molecular weight is 285 g/mol. The normalized spacial score (nSPS) is 25.8. The highest BCUT2D eigenvalue weighted by Crippen LogP contribution is 2.38. The molecular formula is C17H23N3O. The summed E-state index contributed by atoms with van der Waals surface area (Å²) in [6, 6.07) is 10.2. The Morgan fingerprint density at radius 2 is 2.00 bits per heavy atom. The van der Waals surface area contributed by atoms with Crippen LogP contribution in [0.3, 0.4) is 0 Å². The third kappa shape index (κ3) is 2.38. The van der Waals surface area contributed by atoms with Crippen LogP contribution in [0.4, 0.5) is 0 Å².